The number of rotatable bonds is 5. The highest BCUT2D eigenvalue weighted by Gasteiger charge is 2.31. The van der Waals surface area contributed by atoms with Crippen LogP contribution in [0.2, 0.25) is 0 Å². The molecule has 0 aromatic carbocycles. The van der Waals surface area contributed by atoms with Gasteiger partial charge in [-0.05, 0) is 25.2 Å². The van der Waals surface area contributed by atoms with Crippen LogP contribution in [0.15, 0.2) is 0 Å². The summed E-state index contributed by atoms with van der Waals surface area (Å²) in [6, 6.07) is 0. The molecule has 1 N–H and O–H groups in total. The second-order valence-corrected chi connectivity index (χ2v) is 4.81. The van der Waals surface area contributed by atoms with Gasteiger partial charge in [0.15, 0.2) is 0 Å². The average molecular weight is 254 g/mol. The fraction of sp³-hybridized carbons (Fsp3) is 1.00. The van der Waals surface area contributed by atoms with E-state index in [9.17, 15) is 18.3 Å². The zero-order valence-electron chi connectivity index (χ0n) is 10.2. The van der Waals surface area contributed by atoms with Crippen molar-refractivity contribution in [3.63, 3.8) is 0 Å². The van der Waals surface area contributed by atoms with Gasteiger partial charge in [0.05, 0.1) is 25.2 Å². The molecule has 0 aromatic heterocycles. The number of halogens is 3. The number of aliphatic hydroxyl groups excluding tert-OH is 1. The van der Waals surface area contributed by atoms with E-state index in [0.29, 0.717) is 18.8 Å². The summed E-state index contributed by atoms with van der Waals surface area (Å²) in [6.07, 6.45) is -1.72. The van der Waals surface area contributed by atoms with Gasteiger partial charge in [-0.15, -0.1) is 0 Å². The Morgan fingerprint density at radius 3 is 2.59 bits per heavy atom. The van der Waals surface area contributed by atoms with E-state index in [1.165, 1.54) is 0 Å². The highest BCUT2D eigenvalue weighted by molar-refractivity contribution is 4.80. The molecule has 0 aromatic rings. The SMILES string of the molecule is CCCC1CCC(O)C(OCCC(F)(F)F)C1. The highest BCUT2D eigenvalue weighted by atomic mass is 19.4. The van der Waals surface area contributed by atoms with Gasteiger partial charge in [0.25, 0.3) is 0 Å². The van der Waals surface area contributed by atoms with Crippen molar-refractivity contribution in [2.45, 2.75) is 63.8 Å². The molecular weight excluding hydrogens is 233 g/mol. The highest BCUT2D eigenvalue weighted by Crippen LogP contribution is 2.30. The summed E-state index contributed by atoms with van der Waals surface area (Å²) in [5, 5.41) is 9.68. The Morgan fingerprint density at radius 2 is 2.00 bits per heavy atom. The zero-order valence-corrected chi connectivity index (χ0v) is 10.2. The van der Waals surface area contributed by atoms with Crippen LogP contribution in [0.25, 0.3) is 0 Å². The Bertz CT molecular complexity index is 218. The predicted molar refractivity (Wildman–Crippen MR) is 58.7 cm³/mol. The van der Waals surface area contributed by atoms with Crippen LogP contribution < -0.4 is 0 Å². The molecule has 1 aliphatic carbocycles. The molecule has 3 atom stereocenters. The second kappa shape index (κ2) is 6.59. The van der Waals surface area contributed by atoms with Crippen LogP contribution in [-0.2, 0) is 4.74 Å². The van der Waals surface area contributed by atoms with E-state index >= 15 is 0 Å². The first-order valence-electron chi connectivity index (χ1n) is 6.28. The topological polar surface area (TPSA) is 29.5 Å². The van der Waals surface area contributed by atoms with Crippen molar-refractivity contribution in [2.75, 3.05) is 6.61 Å². The molecule has 5 heteroatoms. The van der Waals surface area contributed by atoms with Gasteiger partial charge < -0.3 is 9.84 Å². The van der Waals surface area contributed by atoms with Crippen LogP contribution in [0.1, 0.15) is 45.4 Å². The minimum atomic E-state index is -4.18. The molecule has 0 spiro atoms. The van der Waals surface area contributed by atoms with Crippen molar-refractivity contribution in [1.82, 2.24) is 0 Å². The van der Waals surface area contributed by atoms with E-state index in [-0.39, 0.29) is 6.61 Å². The van der Waals surface area contributed by atoms with Crippen molar-refractivity contribution >= 4 is 0 Å². The van der Waals surface area contributed by atoms with Gasteiger partial charge in [0.1, 0.15) is 0 Å². The maximum Gasteiger partial charge on any atom is 0.391 e. The third-order valence-electron chi connectivity index (χ3n) is 3.28. The molecule has 1 fully saturated rings. The van der Waals surface area contributed by atoms with Gasteiger partial charge in [0, 0.05) is 0 Å². The molecule has 1 rings (SSSR count). The molecular formula is C12H21F3O2. The zero-order chi connectivity index (χ0) is 12.9. The third kappa shape index (κ3) is 5.73. The average Bonchev–Trinajstić information content (AvgIpc) is 2.21. The van der Waals surface area contributed by atoms with Gasteiger partial charge >= 0.3 is 6.18 Å². The fourth-order valence-corrected chi connectivity index (χ4v) is 2.37. The van der Waals surface area contributed by atoms with Gasteiger partial charge in [-0.2, -0.15) is 13.2 Å². The Balaban J connectivity index is 2.29. The van der Waals surface area contributed by atoms with Crippen molar-refractivity contribution < 1.29 is 23.0 Å². The van der Waals surface area contributed by atoms with Crippen molar-refractivity contribution in [2.24, 2.45) is 5.92 Å². The molecule has 0 heterocycles. The summed E-state index contributed by atoms with van der Waals surface area (Å²) in [7, 11) is 0. The predicted octanol–water partition coefficient (Wildman–Crippen LogP) is 3.29. The van der Waals surface area contributed by atoms with E-state index in [1.807, 2.05) is 0 Å². The minimum Gasteiger partial charge on any atom is -0.390 e. The summed E-state index contributed by atoms with van der Waals surface area (Å²) >= 11 is 0. The summed E-state index contributed by atoms with van der Waals surface area (Å²) in [5.41, 5.74) is 0. The first kappa shape index (κ1) is 14.8. The fourth-order valence-electron chi connectivity index (χ4n) is 2.37. The lowest BCUT2D eigenvalue weighted by Crippen LogP contribution is -2.36. The molecule has 1 aliphatic rings. The van der Waals surface area contributed by atoms with Crippen LogP contribution in [0.5, 0.6) is 0 Å². The van der Waals surface area contributed by atoms with Gasteiger partial charge in [-0.25, -0.2) is 0 Å². The maximum atomic E-state index is 12.0. The van der Waals surface area contributed by atoms with Crippen molar-refractivity contribution in [3.05, 3.63) is 0 Å². The minimum absolute atomic E-state index is 0.343. The van der Waals surface area contributed by atoms with Crippen LogP contribution >= 0.6 is 0 Å². The van der Waals surface area contributed by atoms with Crippen molar-refractivity contribution in [1.29, 1.82) is 0 Å². The number of hydrogen-bond donors (Lipinski definition) is 1. The van der Waals surface area contributed by atoms with Gasteiger partial charge in [0.2, 0.25) is 0 Å². The normalized spacial score (nSPS) is 30.5. The first-order valence-corrected chi connectivity index (χ1v) is 6.28. The number of hydrogen-bond acceptors (Lipinski definition) is 2. The van der Waals surface area contributed by atoms with Crippen LogP contribution in [0, 0.1) is 5.92 Å². The molecule has 0 amide bonds. The Labute approximate surface area is 100 Å². The summed E-state index contributed by atoms with van der Waals surface area (Å²) in [6.45, 7) is 1.74. The molecule has 3 unspecified atom stereocenters. The van der Waals surface area contributed by atoms with E-state index < -0.39 is 24.8 Å². The lowest BCUT2D eigenvalue weighted by Gasteiger charge is -2.33. The smallest absolute Gasteiger partial charge is 0.390 e. The van der Waals surface area contributed by atoms with E-state index in [1.54, 1.807) is 0 Å². The third-order valence-corrected chi connectivity index (χ3v) is 3.28. The lowest BCUT2D eigenvalue weighted by molar-refractivity contribution is -0.158. The molecule has 0 radical (unpaired) electrons. The Morgan fingerprint density at radius 1 is 1.29 bits per heavy atom. The summed E-state index contributed by atoms with van der Waals surface area (Å²) in [4.78, 5) is 0. The molecule has 0 bridgehead atoms. The van der Waals surface area contributed by atoms with E-state index in [2.05, 4.69) is 6.92 Å². The molecule has 102 valence electrons. The maximum absolute atomic E-state index is 12.0. The van der Waals surface area contributed by atoms with Crippen LogP contribution in [-0.4, -0.2) is 30.1 Å². The standard InChI is InChI=1S/C12H21F3O2/c1-2-3-9-4-5-10(16)11(8-9)17-7-6-12(13,14)15/h9-11,16H,2-8H2,1H3. The largest absolute Gasteiger partial charge is 0.391 e. The quantitative estimate of drug-likeness (QED) is 0.815. The molecule has 2 nitrogen and oxygen atoms in total. The Kier molecular flexibility index (Phi) is 5.73. The first-order chi connectivity index (χ1) is 7.92. The van der Waals surface area contributed by atoms with E-state index in [4.69, 9.17) is 4.74 Å². The summed E-state index contributed by atoms with van der Waals surface area (Å²) < 4.78 is 41.1. The monoisotopic (exact) mass is 254 g/mol. The molecule has 0 saturated heterocycles. The number of alkyl halides is 3. The van der Waals surface area contributed by atoms with Crippen LogP contribution in [0.4, 0.5) is 13.2 Å². The number of aliphatic hydroxyl groups is 1. The van der Waals surface area contributed by atoms with Crippen molar-refractivity contribution in [3.8, 4) is 0 Å². The number of ether oxygens (including phenoxy) is 1. The van der Waals surface area contributed by atoms with E-state index in [0.717, 1.165) is 19.3 Å². The Hall–Kier alpha value is -0.290. The van der Waals surface area contributed by atoms with Gasteiger partial charge in [-0.3, -0.25) is 0 Å². The molecule has 1 saturated carbocycles. The summed E-state index contributed by atoms with van der Waals surface area (Å²) in [5.74, 6) is 0.485. The molecule has 0 aliphatic heterocycles. The van der Waals surface area contributed by atoms with Gasteiger partial charge in [-0.1, -0.05) is 19.8 Å². The lowest BCUT2D eigenvalue weighted by atomic mass is 9.83. The molecule has 17 heavy (non-hydrogen) atoms. The second-order valence-electron chi connectivity index (χ2n) is 4.81. The van der Waals surface area contributed by atoms with Crippen LogP contribution in [0.3, 0.4) is 0 Å².